The van der Waals surface area contributed by atoms with Gasteiger partial charge in [-0.3, -0.25) is 9.59 Å². The standard InChI is InChI=1S/C16H25NO4/c1-11-4-5-13(21-11)6-7-14(18)17-9-12-3-2-8-16(12,10-17)15(19)20/h11-13H,2-10H2,1H3,(H,19,20)/t11?,12-,13?,16+/m0/s1. The Balaban J connectivity index is 1.54. The van der Waals surface area contributed by atoms with Crippen molar-refractivity contribution in [3.05, 3.63) is 0 Å². The van der Waals surface area contributed by atoms with Crippen LogP contribution in [0.3, 0.4) is 0 Å². The normalized spacial score (nSPS) is 38.7. The lowest BCUT2D eigenvalue weighted by Gasteiger charge is -2.23. The third kappa shape index (κ3) is 2.68. The number of carbonyl (C=O) groups is 2. The summed E-state index contributed by atoms with van der Waals surface area (Å²) in [6.07, 6.45) is 6.53. The topological polar surface area (TPSA) is 66.8 Å². The summed E-state index contributed by atoms with van der Waals surface area (Å²) >= 11 is 0. The van der Waals surface area contributed by atoms with Crippen molar-refractivity contribution in [3.63, 3.8) is 0 Å². The van der Waals surface area contributed by atoms with Crippen molar-refractivity contribution < 1.29 is 19.4 Å². The second-order valence-electron chi connectivity index (χ2n) is 7.01. The number of fused-ring (bicyclic) bond motifs is 1. The van der Waals surface area contributed by atoms with Crippen LogP contribution in [0.2, 0.25) is 0 Å². The third-order valence-corrected chi connectivity index (χ3v) is 5.65. The molecule has 1 aliphatic carbocycles. The molecular weight excluding hydrogens is 270 g/mol. The third-order valence-electron chi connectivity index (χ3n) is 5.65. The molecule has 0 radical (unpaired) electrons. The smallest absolute Gasteiger partial charge is 0.311 e. The average molecular weight is 295 g/mol. The van der Waals surface area contributed by atoms with Crippen LogP contribution in [0.15, 0.2) is 0 Å². The molecule has 0 bridgehead atoms. The van der Waals surface area contributed by atoms with Crippen LogP contribution in [0.5, 0.6) is 0 Å². The highest BCUT2D eigenvalue weighted by Crippen LogP contribution is 2.49. The molecule has 2 aliphatic heterocycles. The Bertz CT molecular complexity index is 438. The number of hydrogen-bond acceptors (Lipinski definition) is 3. The monoisotopic (exact) mass is 295 g/mol. The molecule has 21 heavy (non-hydrogen) atoms. The molecular formula is C16H25NO4. The maximum atomic E-state index is 12.4. The van der Waals surface area contributed by atoms with Gasteiger partial charge in [0, 0.05) is 19.5 Å². The van der Waals surface area contributed by atoms with Gasteiger partial charge in [-0.05, 0) is 44.9 Å². The van der Waals surface area contributed by atoms with Gasteiger partial charge in [-0.2, -0.15) is 0 Å². The lowest BCUT2D eigenvalue weighted by Crippen LogP contribution is -2.37. The molecule has 0 spiro atoms. The van der Waals surface area contributed by atoms with Crippen molar-refractivity contribution in [1.82, 2.24) is 4.90 Å². The number of carboxylic acids is 1. The summed E-state index contributed by atoms with van der Waals surface area (Å²) in [5.41, 5.74) is -0.659. The molecule has 3 fully saturated rings. The van der Waals surface area contributed by atoms with Crippen molar-refractivity contribution in [2.75, 3.05) is 13.1 Å². The van der Waals surface area contributed by atoms with Gasteiger partial charge in [-0.1, -0.05) is 6.42 Å². The Morgan fingerprint density at radius 2 is 2.14 bits per heavy atom. The van der Waals surface area contributed by atoms with Crippen molar-refractivity contribution >= 4 is 11.9 Å². The number of ether oxygens (including phenoxy) is 1. The van der Waals surface area contributed by atoms with E-state index in [1.165, 1.54) is 0 Å². The fraction of sp³-hybridized carbons (Fsp3) is 0.875. The summed E-state index contributed by atoms with van der Waals surface area (Å²) in [7, 11) is 0. The molecule has 0 aromatic carbocycles. The fourth-order valence-corrected chi connectivity index (χ4v) is 4.37. The summed E-state index contributed by atoms with van der Waals surface area (Å²) in [4.78, 5) is 25.8. The van der Waals surface area contributed by atoms with Gasteiger partial charge in [0.15, 0.2) is 0 Å². The molecule has 2 heterocycles. The van der Waals surface area contributed by atoms with Gasteiger partial charge >= 0.3 is 5.97 Å². The molecule has 2 unspecified atom stereocenters. The van der Waals surface area contributed by atoms with E-state index in [1.807, 2.05) is 0 Å². The molecule has 1 saturated carbocycles. The second kappa shape index (κ2) is 5.59. The minimum Gasteiger partial charge on any atom is -0.481 e. The maximum absolute atomic E-state index is 12.4. The van der Waals surface area contributed by atoms with E-state index in [2.05, 4.69) is 6.92 Å². The number of carboxylic acid groups (broad SMARTS) is 1. The molecule has 2 saturated heterocycles. The molecule has 1 N–H and O–H groups in total. The zero-order chi connectivity index (χ0) is 15.0. The highest BCUT2D eigenvalue weighted by atomic mass is 16.5. The maximum Gasteiger partial charge on any atom is 0.311 e. The van der Waals surface area contributed by atoms with Gasteiger partial charge in [-0.15, -0.1) is 0 Å². The molecule has 3 rings (SSSR count). The highest BCUT2D eigenvalue weighted by Gasteiger charge is 2.55. The van der Waals surface area contributed by atoms with E-state index < -0.39 is 11.4 Å². The van der Waals surface area contributed by atoms with E-state index in [4.69, 9.17) is 4.74 Å². The van der Waals surface area contributed by atoms with Crippen LogP contribution in [-0.4, -0.2) is 47.2 Å². The SMILES string of the molecule is CC1CCC(CCC(=O)N2C[C@@H]3CCC[C@@]3(C(=O)O)C2)O1. The first-order chi connectivity index (χ1) is 10.0. The fourth-order valence-electron chi connectivity index (χ4n) is 4.37. The molecule has 5 heteroatoms. The first-order valence-corrected chi connectivity index (χ1v) is 8.18. The lowest BCUT2D eigenvalue weighted by molar-refractivity contribution is -0.149. The highest BCUT2D eigenvalue weighted by molar-refractivity contribution is 5.81. The molecule has 0 aromatic heterocycles. The van der Waals surface area contributed by atoms with E-state index in [1.54, 1.807) is 4.90 Å². The lowest BCUT2D eigenvalue weighted by atomic mass is 9.81. The summed E-state index contributed by atoms with van der Waals surface area (Å²) < 4.78 is 5.74. The van der Waals surface area contributed by atoms with Crippen LogP contribution in [0.1, 0.15) is 51.9 Å². The van der Waals surface area contributed by atoms with Gasteiger partial charge < -0.3 is 14.7 Å². The van der Waals surface area contributed by atoms with Crippen LogP contribution in [0.25, 0.3) is 0 Å². The zero-order valence-corrected chi connectivity index (χ0v) is 12.7. The van der Waals surface area contributed by atoms with Crippen molar-refractivity contribution in [2.45, 2.75) is 64.1 Å². The molecule has 1 amide bonds. The minimum atomic E-state index is -0.715. The number of likely N-dealkylation sites (tertiary alicyclic amines) is 1. The molecule has 118 valence electrons. The van der Waals surface area contributed by atoms with E-state index in [0.29, 0.717) is 25.6 Å². The van der Waals surface area contributed by atoms with E-state index >= 15 is 0 Å². The van der Waals surface area contributed by atoms with Gasteiger partial charge in [0.25, 0.3) is 0 Å². The van der Waals surface area contributed by atoms with Gasteiger partial charge in [0.1, 0.15) is 0 Å². The first-order valence-electron chi connectivity index (χ1n) is 8.18. The van der Waals surface area contributed by atoms with E-state index in [-0.39, 0.29) is 17.9 Å². The summed E-state index contributed by atoms with van der Waals surface area (Å²) in [6, 6.07) is 0. The van der Waals surface area contributed by atoms with Gasteiger partial charge in [-0.25, -0.2) is 0 Å². The van der Waals surface area contributed by atoms with Crippen LogP contribution in [0, 0.1) is 11.3 Å². The minimum absolute atomic E-state index is 0.105. The summed E-state index contributed by atoms with van der Waals surface area (Å²) in [5.74, 6) is -0.455. The van der Waals surface area contributed by atoms with E-state index in [9.17, 15) is 14.7 Å². The van der Waals surface area contributed by atoms with Crippen LogP contribution < -0.4 is 0 Å². The Kier molecular flexibility index (Phi) is 3.95. The van der Waals surface area contributed by atoms with Crippen LogP contribution in [0.4, 0.5) is 0 Å². The number of nitrogens with zero attached hydrogens (tertiary/aromatic N) is 1. The quantitative estimate of drug-likeness (QED) is 0.862. The van der Waals surface area contributed by atoms with Crippen LogP contribution in [-0.2, 0) is 14.3 Å². The number of hydrogen-bond donors (Lipinski definition) is 1. The molecule has 0 aromatic rings. The Hall–Kier alpha value is -1.10. The molecule has 5 nitrogen and oxygen atoms in total. The average Bonchev–Trinajstić information content (AvgIpc) is 3.09. The Labute approximate surface area is 125 Å². The molecule has 4 atom stereocenters. The summed E-state index contributed by atoms with van der Waals surface area (Å²) in [5, 5.41) is 9.55. The van der Waals surface area contributed by atoms with Crippen LogP contribution >= 0.6 is 0 Å². The Morgan fingerprint density at radius 3 is 2.76 bits per heavy atom. The largest absolute Gasteiger partial charge is 0.481 e. The number of amides is 1. The summed E-state index contributed by atoms with van der Waals surface area (Å²) in [6.45, 7) is 3.11. The predicted octanol–water partition coefficient (Wildman–Crippen LogP) is 2.05. The zero-order valence-electron chi connectivity index (χ0n) is 12.7. The van der Waals surface area contributed by atoms with Crippen molar-refractivity contribution in [3.8, 4) is 0 Å². The Morgan fingerprint density at radius 1 is 1.33 bits per heavy atom. The van der Waals surface area contributed by atoms with Gasteiger partial charge in [0.05, 0.1) is 17.6 Å². The first kappa shape index (κ1) is 14.8. The molecule has 3 aliphatic rings. The van der Waals surface area contributed by atoms with E-state index in [0.717, 1.165) is 38.5 Å². The number of rotatable bonds is 4. The van der Waals surface area contributed by atoms with Crippen molar-refractivity contribution in [2.24, 2.45) is 11.3 Å². The second-order valence-corrected chi connectivity index (χ2v) is 7.01. The number of carbonyl (C=O) groups excluding carboxylic acids is 1. The predicted molar refractivity (Wildman–Crippen MR) is 76.8 cm³/mol. The van der Waals surface area contributed by atoms with Gasteiger partial charge in [0.2, 0.25) is 5.91 Å². The van der Waals surface area contributed by atoms with Crippen molar-refractivity contribution in [1.29, 1.82) is 0 Å². The number of aliphatic carboxylic acids is 1.